The van der Waals surface area contributed by atoms with Crippen LogP contribution in [0, 0.1) is 0 Å². The van der Waals surface area contributed by atoms with Gasteiger partial charge < -0.3 is 10.3 Å². The molecule has 0 aliphatic rings. The maximum absolute atomic E-state index is 5.74. The molecule has 0 aliphatic heterocycles. The molecule has 15 heavy (non-hydrogen) atoms. The first kappa shape index (κ1) is 10.1. The van der Waals surface area contributed by atoms with E-state index in [1.54, 1.807) is 12.4 Å². The molecule has 0 spiro atoms. The predicted molar refractivity (Wildman–Crippen MR) is 60.5 cm³/mol. The maximum Gasteiger partial charge on any atom is 0.109 e. The highest BCUT2D eigenvalue weighted by atomic mass is 15.1. The SMILES string of the molecule is CC(N)CCc1nc2cnccc2n1C. The normalized spacial score (nSPS) is 13.3. The number of hydrogen-bond acceptors (Lipinski definition) is 3. The van der Waals surface area contributed by atoms with E-state index in [1.807, 2.05) is 20.0 Å². The molecule has 2 aromatic rings. The molecule has 0 aliphatic carbocycles. The van der Waals surface area contributed by atoms with Crippen molar-refractivity contribution in [2.75, 3.05) is 0 Å². The first-order chi connectivity index (χ1) is 7.18. The molecule has 2 rings (SSSR count). The predicted octanol–water partition coefficient (Wildman–Crippen LogP) is 1.25. The quantitative estimate of drug-likeness (QED) is 0.818. The smallest absolute Gasteiger partial charge is 0.109 e. The highest BCUT2D eigenvalue weighted by Gasteiger charge is 2.07. The van der Waals surface area contributed by atoms with Crippen LogP contribution in [0.25, 0.3) is 11.0 Å². The van der Waals surface area contributed by atoms with Crippen molar-refractivity contribution in [2.24, 2.45) is 12.8 Å². The summed E-state index contributed by atoms with van der Waals surface area (Å²) in [4.78, 5) is 8.59. The van der Waals surface area contributed by atoms with Crippen molar-refractivity contribution in [1.29, 1.82) is 0 Å². The number of imidazole rings is 1. The minimum Gasteiger partial charge on any atom is -0.331 e. The van der Waals surface area contributed by atoms with E-state index in [0.29, 0.717) is 0 Å². The summed E-state index contributed by atoms with van der Waals surface area (Å²) in [7, 11) is 2.03. The maximum atomic E-state index is 5.74. The van der Waals surface area contributed by atoms with Crippen LogP contribution in [0.2, 0.25) is 0 Å². The zero-order valence-electron chi connectivity index (χ0n) is 9.14. The van der Waals surface area contributed by atoms with Gasteiger partial charge in [-0.1, -0.05) is 0 Å². The van der Waals surface area contributed by atoms with Crippen LogP contribution in [0.3, 0.4) is 0 Å². The summed E-state index contributed by atoms with van der Waals surface area (Å²) in [5, 5.41) is 0. The van der Waals surface area contributed by atoms with Gasteiger partial charge in [0, 0.05) is 25.7 Å². The zero-order chi connectivity index (χ0) is 10.8. The molecule has 0 amide bonds. The zero-order valence-corrected chi connectivity index (χ0v) is 9.14. The summed E-state index contributed by atoms with van der Waals surface area (Å²) < 4.78 is 2.11. The lowest BCUT2D eigenvalue weighted by molar-refractivity contribution is 0.636. The summed E-state index contributed by atoms with van der Waals surface area (Å²) >= 11 is 0. The monoisotopic (exact) mass is 204 g/mol. The van der Waals surface area contributed by atoms with Crippen LogP contribution in [0.5, 0.6) is 0 Å². The lowest BCUT2D eigenvalue weighted by atomic mass is 10.2. The number of nitrogens with zero attached hydrogens (tertiary/aromatic N) is 3. The Bertz CT molecular complexity index is 459. The van der Waals surface area contributed by atoms with Gasteiger partial charge >= 0.3 is 0 Å². The fourth-order valence-corrected chi connectivity index (χ4v) is 1.68. The molecule has 4 heteroatoms. The van der Waals surface area contributed by atoms with E-state index in [4.69, 9.17) is 5.73 Å². The van der Waals surface area contributed by atoms with Crippen LogP contribution >= 0.6 is 0 Å². The van der Waals surface area contributed by atoms with Crippen molar-refractivity contribution in [2.45, 2.75) is 25.8 Å². The minimum absolute atomic E-state index is 0.225. The van der Waals surface area contributed by atoms with E-state index in [9.17, 15) is 0 Å². The molecule has 1 unspecified atom stereocenters. The van der Waals surface area contributed by atoms with Gasteiger partial charge in [0.2, 0.25) is 0 Å². The number of aryl methyl sites for hydroxylation is 2. The van der Waals surface area contributed by atoms with E-state index < -0.39 is 0 Å². The van der Waals surface area contributed by atoms with Crippen LogP contribution in [0.4, 0.5) is 0 Å². The Kier molecular flexibility index (Phi) is 2.68. The third kappa shape index (κ3) is 1.99. The Morgan fingerprint density at radius 1 is 1.53 bits per heavy atom. The largest absolute Gasteiger partial charge is 0.331 e. The minimum atomic E-state index is 0.225. The summed E-state index contributed by atoms with van der Waals surface area (Å²) in [6.07, 6.45) is 5.47. The molecule has 80 valence electrons. The summed E-state index contributed by atoms with van der Waals surface area (Å²) in [5.74, 6) is 1.08. The van der Waals surface area contributed by atoms with Crippen molar-refractivity contribution < 1.29 is 0 Å². The fourth-order valence-electron chi connectivity index (χ4n) is 1.68. The Balaban J connectivity index is 2.32. The average molecular weight is 204 g/mol. The molecule has 0 saturated heterocycles. The van der Waals surface area contributed by atoms with Gasteiger partial charge in [0.25, 0.3) is 0 Å². The van der Waals surface area contributed by atoms with Crippen molar-refractivity contribution >= 4 is 11.0 Å². The van der Waals surface area contributed by atoms with Crippen LogP contribution < -0.4 is 5.73 Å². The first-order valence-electron chi connectivity index (χ1n) is 5.19. The highest BCUT2D eigenvalue weighted by molar-refractivity contribution is 5.74. The van der Waals surface area contributed by atoms with Crippen LogP contribution in [0.1, 0.15) is 19.2 Å². The molecule has 0 bridgehead atoms. The Morgan fingerprint density at radius 2 is 2.33 bits per heavy atom. The lowest BCUT2D eigenvalue weighted by Crippen LogP contribution is -2.16. The topological polar surface area (TPSA) is 56.7 Å². The van der Waals surface area contributed by atoms with E-state index in [2.05, 4.69) is 14.5 Å². The number of fused-ring (bicyclic) bond motifs is 1. The molecular formula is C11H16N4. The molecule has 1 atom stereocenters. The molecular weight excluding hydrogens is 188 g/mol. The first-order valence-corrected chi connectivity index (χ1v) is 5.19. The van der Waals surface area contributed by atoms with Gasteiger partial charge in [0.15, 0.2) is 0 Å². The average Bonchev–Trinajstić information content (AvgIpc) is 2.54. The van der Waals surface area contributed by atoms with Crippen molar-refractivity contribution in [3.63, 3.8) is 0 Å². The Morgan fingerprint density at radius 3 is 3.00 bits per heavy atom. The third-order valence-corrected chi connectivity index (χ3v) is 2.60. The number of nitrogens with two attached hydrogens (primary N) is 1. The van der Waals surface area contributed by atoms with Gasteiger partial charge in [-0.2, -0.15) is 0 Å². The molecule has 2 N–H and O–H groups in total. The van der Waals surface area contributed by atoms with Gasteiger partial charge in [-0.25, -0.2) is 4.98 Å². The van der Waals surface area contributed by atoms with E-state index in [0.717, 1.165) is 29.7 Å². The Hall–Kier alpha value is -1.42. The van der Waals surface area contributed by atoms with Crippen LogP contribution in [-0.4, -0.2) is 20.6 Å². The summed E-state index contributed by atoms with van der Waals surface area (Å²) in [6, 6.07) is 2.21. The summed E-state index contributed by atoms with van der Waals surface area (Å²) in [5.41, 5.74) is 7.82. The molecule has 0 fully saturated rings. The Labute approximate surface area is 89.1 Å². The van der Waals surface area contributed by atoms with Gasteiger partial charge in [0.05, 0.1) is 11.7 Å². The summed E-state index contributed by atoms with van der Waals surface area (Å²) in [6.45, 7) is 2.02. The van der Waals surface area contributed by atoms with Crippen LogP contribution in [0.15, 0.2) is 18.5 Å². The van der Waals surface area contributed by atoms with Gasteiger partial charge in [-0.05, 0) is 19.4 Å². The fraction of sp³-hybridized carbons (Fsp3) is 0.455. The highest BCUT2D eigenvalue weighted by Crippen LogP contribution is 2.14. The van der Waals surface area contributed by atoms with Crippen molar-refractivity contribution in [3.05, 3.63) is 24.3 Å². The molecule has 0 radical (unpaired) electrons. The standard InChI is InChI=1S/C11H16N4/c1-8(12)3-4-11-14-9-7-13-6-5-10(9)15(11)2/h5-8H,3-4,12H2,1-2H3. The molecule has 4 nitrogen and oxygen atoms in total. The number of rotatable bonds is 3. The number of hydrogen-bond donors (Lipinski definition) is 1. The van der Waals surface area contributed by atoms with Gasteiger partial charge in [-0.3, -0.25) is 4.98 Å². The molecule has 2 heterocycles. The van der Waals surface area contributed by atoms with Crippen LogP contribution in [-0.2, 0) is 13.5 Å². The second-order valence-corrected chi connectivity index (χ2v) is 3.97. The van der Waals surface area contributed by atoms with Crippen molar-refractivity contribution in [1.82, 2.24) is 14.5 Å². The molecule has 0 aromatic carbocycles. The second kappa shape index (κ2) is 3.98. The van der Waals surface area contributed by atoms with Gasteiger partial charge in [0.1, 0.15) is 11.3 Å². The van der Waals surface area contributed by atoms with E-state index >= 15 is 0 Å². The number of aromatic nitrogens is 3. The lowest BCUT2D eigenvalue weighted by Gasteiger charge is -2.04. The third-order valence-electron chi connectivity index (χ3n) is 2.60. The van der Waals surface area contributed by atoms with E-state index in [1.165, 1.54) is 0 Å². The number of pyridine rings is 1. The molecule has 2 aromatic heterocycles. The van der Waals surface area contributed by atoms with E-state index in [-0.39, 0.29) is 6.04 Å². The van der Waals surface area contributed by atoms with Gasteiger partial charge in [-0.15, -0.1) is 0 Å². The second-order valence-electron chi connectivity index (χ2n) is 3.97. The van der Waals surface area contributed by atoms with Crippen molar-refractivity contribution in [3.8, 4) is 0 Å². The molecule has 0 saturated carbocycles.